The fourth-order valence-corrected chi connectivity index (χ4v) is 4.24. The Bertz CT molecular complexity index is 1160. The van der Waals surface area contributed by atoms with Crippen molar-refractivity contribution in [2.24, 2.45) is 5.41 Å². The van der Waals surface area contributed by atoms with Gasteiger partial charge in [-0.3, -0.25) is 24.2 Å². The average Bonchev–Trinajstić information content (AvgIpc) is 3.48. The van der Waals surface area contributed by atoms with E-state index < -0.39 is 41.2 Å². The first-order valence-electron chi connectivity index (χ1n) is 10.8. The number of fused-ring (bicyclic) bond motifs is 1. The Balaban J connectivity index is 1.26. The average molecular weight is 452 g/mol. The van der Waals surface area contributed by atoms with Gasteiger partial charge in [-0.1, -0.05) is 19.1 Å². The Morgan fingerprint density at radius 1 is 1.12 bits per heavy atom. The van der Waals surface area contributed by atoms with Crippen molar-refractivity contribution in [1.29, 1.82) is 0 Å². The Hall–Kier alpha value is -3.75. The van der Waals surface area contributed by atoms with Crippen molar-refractivity contribution in [3.63, 3.8) is 0 Å². The third kappa shape index (κ3) is 3.53. The zero-order valence-electron chi connectivity index (χ0n) is 17.9. The number of anilines is 1. The number of carbonyl (C=O) groups excluding carboxylic acids is 4. The molecule has 1 unspecified atom stereocenters. The second kappa shape index (κ2) is 7.68. The van der Waals surface area contributed by atoms with Gasteiger partial charge in [0.25, 0.3) is 11.8 Å². The second-order valence-electron chi connectivity index (χ2n) is 8.52. The zero-order valence-corrected chi connectivity index (χ0v) is 17.9. The van der Waals surface area contributed by atoms with E-state index in [1.165, 1.54) is 17.0 Å². The standard InChI is InChI=1S/C24H21FN2O6/c1-2-24(9-10-24)22(30)33-19-8-7-14(11-18(19)25)26-12-15(32-23(26)31)13-27-20(28)16-5-3-4-6-17(16)21(27)29/h3-8,11,15H,2,9-10,12-13H2,1H3. The SMILES string of the molecule is CCC1(C(=O)Oc2ccc(N3CC(CN4C(=O)c5ccccc5C4=O)OC3=O)cc2F)CC1. The van der Waals surface area contributed by atoms with Crippen molar-refractivity contribution in [2.75, 3.05) is 18.0 Å². The van der Waals surface area contributed by atoms with E-state index in [2.05, 4.69) is 0 Å². The first-order chi connectivity index (χ1) is 15.8. The summed E-state index contributed by atoms with van der Waals surface area (Å²) in [4.78, 5) is 52.1. The number of imide groups is 1. The third-order valence-electron chi connectivity index (χ3n) is 6.53. The predicted molar refractivity (Wildman–Crippen MR) is 113 cm³/mol. The summed E-state index contributed by atoms with van der Waals surface area (Å²) in [7, 11) is 0. The summed E-state index contributed by atoms with van der Waals surface area (Å²) in [6, 6.07) is 10.4. The monoisotopic (exact) mass is 452 g/mol. The molecule has 2 aliphatic heterocycles. The molecule has 1 saturated heterocycles. The molecule has 170 valence electrons. The second-order valence-corrected chi connectivity index (χ2v) is 8.52. The van der Waals surface area contributed by atoms with Gasteiger partial charge in [0, 0.05) is 6.07 Å². The van der Waals surface area contributed by atoms with Crippen LogP contribution in [-0.4, -0.2) is 48.0 Å². The van der Waals surface area contributed by atoms with Gasteiger partial charge in [0.1, 0.15) is 6.10 Å². The Kier molecular flexibility index (Phi) is 4.92. The highest BCUT2D eigenvalue weighted by Crippen LogP contribution is 2.49. The van der Waals surface area contributed by atoms with E-state index in [-0.39, 0.29) is 24.5 Å². The van der Waals surface area contributed by atoms with Crippen molar-refractivity contribution in [1.82, 2.24) is 4.90 Å². The van der Waals surface area contributed by atoms with Crippen molar-refractivity contribution < 1.29 is 33.0 Å². The molecule has 2 aromatic carbocycles. The number of carbonyl (C=O) groups is 4. The minimum atomic E-state index is -0.774. The van der Waals surface area contributed by atoms with Crippen LogP contribution in [0.1, 0.15) is 46.9 Å². The molecular formula is C24H21FN2O6. The van der Waals surface area contributed by atoms with Crippen molar-refractivity contribution >= 4 is 29.6 Å². The van der Waals surface area contributed by atoms with Crippen LogP contribution in [0.3, 0.4) is 0 Å². The molecule has 0 N–H and O–H groups in total. The number of halogens is 1. The number of benzene rings is 2. The quantitative estimate of drug-likeness (QED) is 0.378. The molecule has 2 aromatic rings. The lowest BCUT2D eigenvalue weighted by atomic mass is 10.1. The van der Waals surface area contributed by atoms with Gasteiger partial charge >= 0.3 is 12.1 Å². The number of esters is 1. The van der Waals surface area contributed by atoms with Gasteiger partial charge in [-0.15, -0.1) is 0 Å². The van der Waals surface area contributed by atoms with E-state index in [9.17, 15) is 23.6 Å². The Morgan fingerprint density at radius 3 is 2.36 bits per heavy atom. The van der Waals surface area contributed by atoms with Crippen LogP contribution in [0.5, 0.6) is 5.75 Å². The molecule has 9 heteroatoms. The van der Waals surface area contributed by atoms with Crippen LogP contribution in [0.15, 0.2) is 42.5 Å². The molecule has 0 aromatic heterocycles. The minimum Gasteiger partial charge on any atom is -0.442 e. The summed E-state index contributed by atoms with van der Waals surface area (Å²) in [5.41, 5.74) is 0.332. The molecule has 5 rings (SSSR count). The van der Waals surface area contributed by atoms with Gasteiger partial charge < -0.3 is 9.47 Å². The van der Waals surface area contributed by atoms with Gasteiger partial charge in [0.2, 0.25) is 0 Å². The highest BCUT2D eigenvalue weighted by Gasteiger charge is 2.50. The largest absolute Gasteiger partial charge is 0.442 e. The highest BCUT2D eigenvalue weighted by atomic mass is 19.1. The lowest BCUT2D eigenvalue weighted by Gasteiger charge is -2.18. The summed E-state index contributed by atoms with van der Waals surface area (Å²) in [5, 5.41) is 0. The topological polar surface area (TPSA) is 93.2 Å². The minimum absolute atomic E-state index is 0.0315. The summed E-state index contributed by atoms with van der Waals surface area (Å²) in [5.74, 6) is -2.30. The number of ether oxygens (including phenoxy) is 2. The maximum absolute atomic E-state index is 14.6. The molecule has 0 bridgehead atoms. The predicted octanol–water partition coefficient (Wildman–Crippen LogP) is 3.54. The van der Waals surface area contributed by atoms with E-state index in [0.29, 0.717) is 17.5 Å². The van der Waals surface area contributed by atoms with Crippen LogP contribution < -0.4 is 9.64 Å². The van der Waals surface area contributed by atoms with E-state index in [1.54, 1.807) is 24.3 Å². The number of hydrogen-bond donors (Lipinski definition) is 0. The molecule has 1 saturated carbocycles. The first-order valence-corrected chi connectivity index (χ1v) is 10.8. The van der Waals surface area contributed by atoms with Crippen molar-refractivity contribution in [3.8, 4) is 5.75 Å². The van der Waals surface area contributed by atoms with Gasteiger partial charge in [-0.05, 0) is 43.5 Å². The molecule has 8 nitrogen and oxygen atoms in total. The molecule has 33 heavy (non-hydrogen) atoms. The smallest absolute Gasteiger partial charge is 0.414 e. The van der Waals surface area contributed by atoms with Crippen LogP contribution >= 0.6 is 0 Å². The lowest BCUT2D eigenvalue weighted by Crippen LogP contribution is -2.38. The number of nitrogens with zero attached hydrogens (tertiary/aromatic N) is 2. The van der Waals surface area contributed by atoms with Crippen molar-refractivity contribution in [2.45, 2.75) is 32.3 Å². The van der Waals surface area contributed by atoms with Crippen LogP contribution in [0, 0.1) is 11.2 Å². The molecule has 1 aliphatic carbocycles. The molecule has 0 radical (unpaired) electrons. The van der Waals surface area contributed by atoms with E-state index in [1.807, 2.05) is 6.92 Å². The summed E-state index contributed by atoms with van der Waals surface area (Å²) >= 11 is 0. The maximum Gasteiger partial charge on any atom is 0.414 e. The molecule has 1 atom stereocenters. The van der Waals surface area contributed by atoms with Gasteiger partial charge in [0.05, 0.1) is 35.3 Å². The van der Waals surface area contributed by atoms with Crippen LogP contribution in [0.4, 0.5) is 14.9 Å². The summed E-state index contributed by atoms with van der Waals surface area (Å²) in [6.07, 6.45) is 0.620. The zero-order chi connectivity index (χ0) is 23.3. The fourth-order valence-electron chi connectivity index (χ4n) is 4.24. The van der Waals surface area contributed by atoms with E-state index in [4.69, 9.17) is 9.47 Å². The Labute approximate surface area is 188 Å². The van der Waals surface area contributed by atoms with Crippen LogP contribution in [0.2, 0.25) is 0 Å². The summed E-state index contributed by atoms with van der Waals surface area (Å²) < 4.78 is 25.2. The molecule has 2 fully saturated rings. The third-order valence-corrected chi connectivity index (χ3v) is 6.53. The van der Waals surface area contributed by atoms with Gasteiger partial charge in [-0.2, -0.15) is 0 Å². The number of hydrogen-bond acceptors (Lipinski definition) is 6. The number of rotatable bonds is 6. The van der Waals surface area contributed by atoms with Gasteiger partial charge in [0.15, 0.2) is 11.6 Å². The Morgan fingerprint density at radius 2 is 1.79 bits per heavy atom. The number of amides is 3. The first kappa shape index (κ1) is 21.1. The van der Waals surface area contributed by atoms with E-state index in [0.717, 1.165) is 23.8 Å². The molecule has 3 aliphatic rings. The van der Waals surface area contributed by atoms with Crippen molar-refractivity contribution in [3.05, 3.63) is 59.4 Å². The maximum atomic E-state index is 14.6. The van der Waals surface area contributed by atoms with E-state index >= 15 is 0 Å². The normalized spacial score (nSPS) is 20.7. The number of cyclic esters (lactones) is 1. The molecule has 0 spiro atoms. The van der Waals surface area contributed by atoms with Crippen LogP contribution in [0.25, 0.3) is 0 Å². The van der Waals surface area contributed by atoms with Gasteiger partial charge in [-0.25, -0.2) is 9.18 Å². The molecule has 3 amide bonds. The van der Waals surface area contributed by atoms with Crippen LogP contribution in [-0.2, 0) is 9.53 Å². The molecule has 2 heterocycles. The fraction of sp³-hybridized carbons (Fsp3) is 0.333. The molecular weight excluding hydrogens is 431 g/mol. The lowest BCUT2D eigenvalue weighted by molar-refractivity contribution is -0.140. The highest BCUT2D eigenvalue weighted by molar-refractivity contribution is 6.21. The summed E-state index contributed by atoms with van der Waals surface area (Å²) in [6.45, 7) is 1.82.